The number of aromatic amines is 1. The van der Waals surface area contributed by atoms with E-state index in [9.17, 15) is 4.79 Å². The molecule has 3 heterocycles. The monoisotopic (exact) mass is 307 g/mol. The number of H-pyrrole nitrogens is 1. The lowest BCUT2D eigenvalue weighted by molar-refractivity contribution is -0.0778. The van der Waals surface area contributed by atoms with Gasteiger partial charge in [-0.05, 0) is 32.6 Å². The number of hydrogen-bond acceptors (Lipinski definition) is 5. The first-order valence-electron chi connectivity index (χ1n) is 8.04. The zero-order chi connectivity index (χ0) is 15.6. The minimum Gasteiger partial charge on any atom is -0.376 e. The Balaban J connectivity index is 1.47. The van der Waals surface area contributed by atoms with Crippen LogP contribution in [0, 0.1) is 5.92 Å². The van der Waals surface area contributed by atoms with E-state index >= 15 is 0 Å². The van der Waals surface area contributed by atoms with Gasteiger partial charge >= 0.3 is 0 Å². The molecule has 0 aromatic carbocycles. The zero-order valence-corrected chi connectivity index (χ0v) is 13.4. The average molecular weight is 307 g/mol. The Hall–Kier alpha value is -1.47. The Morgan fingerprint density at radius 2 is 2.18 bits per heavy atom. The van der Waals surface area contributed by atoms with Crippen LogP contribution in [-0.2, 0) is 4.74 Å². The van der Waals surface area contributed by atoms with Gasteiger partial charge in [-0.25, -0.2) is 4.98 Å². The number of hydrogen-bond donors (Lipinski definition) is 1. The topological polar surface area (TPSA) is 74.4 Å². The second-order valence-corrected chi connectivity index (χ2v) is 6.89. The predicted molar refractivity (Wildman–Crippen MR) is 81.5 cm³/mol. The van der Waals surface area contributed by atoms with Gasteiger partial charge in [0.25, 0.3) is 5.91 Å². The molecule has 7 nitrogen and oxygen atoms in total. The molecule has 122 valence electrons. The molecule has 0 bridgehead atoms. The Bertz CT molecular complexity index is 494. The third kappa shape index (κ3) is 3.64. The van der Waals surface area contributed by atoms with E-state index in [1.807, 2.05) is 4.90 Å². The van der Waals surface area contributed by atoms with Gasteiger partial charge in [0.2, 0.25) is 5.82 Å². The van der Waals surface area contributed by atoms with E-state index in [0.29, 0.717) is 11.7 Å². The van der Waals surface area contributed by atoms with Crippen LogP contribution in [0.3, 0.4) is 0 Å². The van der Waals surface area contributed by atoms with E-state index < -0.39 is 0 Å². The fraction of sp³-hybridized carbons (Fsp3) is 0.800. The molecule has 1 aromatic heterocycles. The number of aromatic nitrogens is 3. The third-order valence-corrected chi connectivity index (χ3v) is 4.59. The maximum atomic E-state index is 12.2. The molecule has 2 aliphatic heterocycles. The van der Waals surface area contributed by atoms with E-state index in [1.165, 1.54) is 6.33 Å². The van der Waals surface area contributed by atoms with Crippen molar-refractivity contribution >= 4 is 5.91 Å². The summed E-state index contributed by atoms with van der Waals surface area (Å²) in [5.41, 5.74) is 0.00694. The molecule has 1 atom stereocenters. The summed E-state index contributed by atoms with van der Waals surface area (Å²) in [5, 5.41) is 6.38. The standard InChI is InChI=1S/C15H25N5O2/c1-15(2)9-12(3-8-22-15)10-19-4-6-20(7-5-19)14(21)13-16-11-17-18-13/h11-12H,3-10H2,1-2H3,(H,16,17,18)/t12-/m0/s1. The van der Waals surface area contributed by atoms with Gasteiger partial charge in [0, 0.05) is 39.3 Å². The third-order valence-electron chi connectivity index (χ3n) is 4.59. The highest BCUT2D eigenvalue weighted by Gasteiger charge is 2.31. The molecule has 22 heavy (non-hydrogen) atoms. The van der Waals surface area contributed by atoms with Crippen LogP contribution in [0.2, 0.25) is 0 Å². The number of nitrogens with zero attached hydrogens (tertiary/aromatic N) is 4. The number of carbonyl (C=O) groups is 1. The van der Waals surface area contributed by atoms with Crippen LogP contribution >= 0.6 is 0 Å². The van der Waals surface area contributed by atoms with E-state index in [-0.39, 0.29) is 11.5 Å². The van der Waals surface area contributed by atoms with Gasteiger partial charge in [0.1, 0.15) is 6.33 Å². The molecule has 1 aromatic rings. The van der Waals surface area contributed by atoms with E-state index in [4.69, 9.17) is 4.74 Å². The largest absolute Gasteiger partial charge is 0.376 e. The van der Waals surface area contributed by atoms with Crippen LogP contribution in [0.25, 0.3) is 0 Å². The Kier molecular flexibility index (Phi) is 4.44. The predicted octanol–water partition coefficient (Wildman–Crippen LogP) is 0.768. The smallest absolute Gasteiger partial charge is 0.291 e. The van der Waals surface area contributed by atoms with Gasteiger partial charge in [0.05, 0.1) is 5.60 Å². The van der Waals surface area contributed by atoms with Crippen molar-refractivity contribution in [1.29, 1.82) is 0 Å². The summed E-state index contributed by atoms with van der Waals surface area (Å²) in [6.07, 6.45) is 3.63. The molecule has 2 saturated heterocycles. The number of ether oxygens (including phenoxy) is 1. The number of nitrogens with one attached hydrogen (secondary N) is 1. The molecule has 7 heteroatoms. The minimum absolute atomic E-state index is 0.00694. The van der Waals surface area contributed by atoms with Crippen molar-refractivity contribution in [3.63, 3.8) is 0 Å². The van der Waals surface area contributed by atoms with E-state index in [1.54, 1.807) is 0 Å². The summed E-state index contributed by atoms with van der Waals surface area (Å²) in [4.78, 5) is 20.5. The van der Waals surface area contributed by atoms with Crippen molar-refractivity contribution in [1.82, 2.24) is 25.0 Å². The molecular weight excluding hydrogens is 282 g/mol. The van der Waals surface area contributed by atoms with Crippen LogP contribution in [0.4, 0.5) is 0 Å². The summed E-state index contributed by atoms with van der Waals surface area (Å²) in [6, 6.07) is 0. The van der Waals surface area contributed by atoms with Crippen LogP contribution in [0.15, 0.2) is 6.33 Å². The molecule has 2 fully saturated rings. The lowest BCUT2D eigenvalue weighted by atomic mass is 9.88. The van der Waals surface area contributed by atoms with Gasteiger partial charge in [-0.15, -0.1) is 0 Å². The molecular formula is C15H25N5O2. The fourth-order valence-corrected chi connectivity index (χ4v) is 3.47. The highest BCUT2D eigenvalue weighted by atomic mass is 16.5. The SMILES string of the molecule is CC1(C)C[C@@H](CN2CCN(C(=O)c3ncn[nH]3)CC2)CCO1. The van der Waals surface area contributed by atoms with Gasteiger partial charge in [0.15, 0.2) is 0 Å². The number of amides is 1. The average Bonchev–Trinajstić information content (AvgIpc) is 3.00. The zero-order valence-electron chi connectivity index (χ0n) is 13.4. The van der Waals surface area contributed by atoms with Crippen LogP contribution in [0.1, 0.15) is 37.3 Å². The lowest BCUT2D eigenvalue weighted by Crippen LogP contribution is -2.51. The van der Waals surface area contributed by atoms with Gasteiger partial charge in [-0.1, -0.05) is 0 Å². The maximum absolute atomic E-state index is 12.2. The molecule has 0 unspecified atom stereocenters. The second kappa shape index (κ2) is 6.34. The lowest BCUT2D eigenvalue weighted by Gasteiger charge is -2.40. The second-order valence-electron chi connectivity index (χ2n) is 6.89. The normalized spacial score (nSPS) is 26.1. The summed E-state index contributed by atoms with van der Waals surface area (Å²) >= 11 is 0. The number of piperazine rings is 1. The molecule has 1 amide bonds. The van der Waals surface area contributed by atoms with Gasteiger partial charge in [-0.3, -0.25) is 14.8 Å². The first-order chi connectivity index (χ1) is 10.5. The van der Waals surface area contributed by atoms with Crippen molar-refractivity contribution in [3.8, 4) is 0 Å². The first kappa shape index (κ1) is 15.4. The maximum Gasteiger partial charge on any atom is 0.291 e. The Labute approximate surface area is 131 Å². The van der Waals surface area contributed by atoms with Crippen molar-refractivity contribution in [2.75, 3.05) is 39.3 Å². The minimum atomic E-state index is -0.0515. The van der Waals surface area contributed by atoms with Crippen LogP contribution < -0.4 is 0 Å². The molecule has 1 N–H and O–H groups in total. The molecule has 0 saturated carbocycles. The Morgan fingerprint density at radius 3 is 2.82 bits per heavy atom. The van der Waals surface area contributed by atoms with Crippen LogP contribution in [0.5, 0.6) is 0 Å². The summed E-state index contributed by atoms with van der Waals surface area (Å²) in [6.45, 7) is 9.69. The van der Waals surface area contributed by atoms with Crippen molar-refractivity contribution in [2.24, 2.45) is 5.92 Å². The van der Waals surface area contributed by atoms with Gasteiger partial charge < -0.3 is 9.64 Å². The summed E-state index contributed by atoms with van der Waals surface area (Å²) in [5.74, 6) is 0.976. The highest BCUT2D eigenvalue weighted by Crippen LogP contribution is 2.29. The molecule has 0 radical (unpaired) electrons. The fourth-order valence-electron chi connectivity index (χ4n) is 3.47. The highest BCUT2D eigenvalue weighted by molar-refractivity contribution is 5.90. The first-order valence-corrected chi connectivity index (χ1v) is 8.04. The molecule has 0 aliphatic carbocycles. The van der Waals surface area contributed by atoms with Gasteiger partial charge in [-0.2, -0.15) is 5.10 Å². The molecule has 2 aliphatic rings. The summed E-state index contributed by atoms with van der Waals surface area (Å²) < 4.78 is 5.79. The van der Waals surface area contributed by atoms with Crippen LogP contribution in [-0.4, -0.2) is 75.8 Å². The number of rotatable bonds is 3. The quantitative estimate of drug-likeness (QED) is 0.893. The van der Waals surface area contributed by atoms with E-state index in [2.05, 4.69) is 33.9 Å². The van der Waals surface area contributed by atoms with Crippen molar-refractivity contribution < 1.29 is 9.53 Å². The molecule has 3 rings (SSSR count). The summed E-state index contributed by atoms with van der Waals surface area (Å²) in [7, 11) is 0. The van der Waals surface area contributed by atoms with Crippen molar-refractivity contribution in [2.45, 2.75) is 32.3 Å². The van der Waals surface area contributed by atoms with Crippen molar-refractivity contribution in [3.05, 3.63) is 12.2 Å². The number of carbonyl (C=O) groups excluding carboxylic acids is 1. The van der Waals surface area contributed by atoms with E-state index in [0.717, 1.165) is 52.2 Å². The Morgan fingerprint density at radius 1 is 1.41 bits per heavy atom. The molecule has 0 spiro atoms.